The number of methoxy groups -OCH3 is 3. The highest BCUT2D eigenvalue weighted by atomic mass is 79.9. The summed E-state index contributed by atoms with van der Waals surface area (Å²) in [4.78, 5) is 16.0. The zero-order valence-electron chi connectivity index (χ0n) is 14.1. The van der Waals surface area contributed by atoms with Crippen LogP contribution in [0.1, 0.15) is 21.6 Å². The Kier molecular flexibility index (Phi) is 6.97. The van der Waals surface area contributed by atoms with Gasteiger partial charge in [0.25, 0.3) is 0 Å². The van der Waals surface area contributed by atoms with Crippen LogP contribution in [-0.4, -0.2) is 39.1 Å². The van der Waals surface area contributed by atoms with E-state index < -0.39 is 5.97 Å². The number of esters is 1. The third-order valence-electron chi connectivity index (χ3n) is 3.24. The molecule has 0 unspecified atom stereocenters. The van der Waals surface area contributed by atoms with E-state index in [1.165, 1.54) is 14.2 Å². The van der Waals surface area contributed by atoms with Crippen molar-refractivity contribution in [3.8, 4) is 11.6 Å². The third kappa shape index (κ3) is 5.04. The molecule has 0 saturated heterocycles. The molecule has 1 aromatic heterocycles. The van der Waals surface area contributed by atoms with Gasteiger partial charge in [0.1, 0.15) is 5.75 Å². The molecule has 7 heteroatoms. The van der Waals surface area contributed by atoms with Crippen LogP contribution >= 0.6 is 15.9 Å². The van der Waals surface area contributed by atoms with Gasteiger partial charge in [-0.2, -0.15) is 0 Å². The van der Waals surface area contributed by atoms with Crippen molar-refractivity contribution < 1.29 is 23.7 Å². The van der Waals surface area contributed by atoms with Crippen LogP contribution in [-0.2, 0) is 9.47 Å². The summed E-state index contributed by atoms with van der Waals surface area (Å²) in [6.45, 7) is 0.0621. The zero-order valence-corrected chi connectivity index (χ0v) is 15.7. The Morgan fingerprint density at radius 2 is 1.96 bits per heavy atom. The van der Waals surface area contributed by atoms with Crippen molar-refractivity contribution in [3.05, 3.63) is 51.6 Å². The Hall–Kier alpha value is -2.38. The topological polar surface area (TPSA) is 66.9 Å². The molecule has 0 saturated carbocycles. The Morgan fingerprint density at radius 3 is 2.64 bits per heavy atom. The number of nitrogens with zero attached hydrogens (tertiary/aromatic N) is 1. The van der Waals surface area contributed by atoms with Crippen molar-refractivity contribution in [2.24, 2.45) is 0 Å². The fraction of sp³-hybridized carbons (Fsp3) is 0.222. The predicted octanol–water partition coefficient (Wildman–Crippen LogP) is 3.79. The van der Waals surface area contributed by atoms with E-state index in [-0.39, 0.29) is 6.79 Å². The molecule has 1 heterocycles. The molecular formula is C18H18BrNO5. The number of aromatic nitrogens is 1. The number of hydrogen-bond acceptors (Lipinski definition) is 6. The van der Waals surface area contributed by atoms with Crippen molar-refractivity contribution in [1.29, 1.82) is 0 Å². The second-order valence-electron chi connectivity index (χ2n) is 4.85. The molecule has 6 nitrogen and oxygen atoms in total. The molecule has 0 aliphatic heterocycles. The lowest BCUT2D eigenvalue weighted by atomic mass is 10.1. The van der Waals surface area contributed by atoms with Gasteiger partial charge in [0, 0.05) is 23.2 Å². The molecule has 0 fully saturated rings. The molecule has 1 aromatic carbocycles. The summed E-state index contributed by atoms with van der Waals surface area (Å²) in [7, 11) is 4.42. The first-order valence-corrected chi connectivity index (χ1v) is 8.11. The smallest absolute Gasteiger partial charge is 0.337 e. The first kappa shape index (κ1) is 19.0. The number of benzene rings is 1. The third-order valence-corrected chi connectivity index (χ3v) is 3.91. The molecule has 0 radical (unpaired) electrons. The number of halogens is 1. The zero-order chi connectivity index (χ0) is 18.2. The first-order chi connectivity index (χ1) is 12.1. The average Bonchev–Trinajstić information content (AvgIpc) is 2.65. The molecule has 132 valence electrons. The molecule has 25 heavy (non-hydrogen) atoms. The van der Waals surface area contributed by atoms with Crippen molar-refractivity contribution in [1.82, 2.24) is 4.98 Å². The van der Waals surface area contributed by atoms with E-state index in [0.717, 1.165) is 10.0 Å². The summed E-state index contributed by atoms with van der Waals surface area (Å²) < 4.78 is 21.2. The van der Waals surface area contributed by atoms with E-state index in [2.05, 4.69) is 20.9 Å². The SMILES string of the molecule is COCOc1cc(C(=O)OC)ccc1C=Cc1nc(OC)ccc1Br. The van der Waals surface area contributed by atoms with Crippen molar-refractivity contribution >= 4 is 34.1 Å². The molecule has 0 aliphatic carbocycles. The van der Waals surface area contributed by atoms with Crippen molar-refractivity contribution in [2.45, 2.75) is 0 Å². The second-order valence-corrected chi connectivity index (χ2v) is 5.70. The first-order valence-electron chi connectivity index (χ1n) is 7.31. The molecule has 0 aliphatic rings. The lowest BCUT2D eigenvalue weighted by Gasteiger charge is -2.10. The Morgan fingerprint density at radius 1 is 1.16 bits per heavy atom. The highest BCUT2D eigenvalue weighted by Crippen LogP contribution is 2.25. The highest BCUT2D eigenvalue weighted by molar-refractivity contribution is 9.10. The minimum absolute atomic E-state index is 0.0621. The number of pyridine rings is 1. The summed E-state index contributed by atoms with van der Waals surface area (Å²) >= 11 is 3.45. The van der Waals surface area contributed by atoms with Gasteiger partial charge in [-0.25, -0.2) is 9.78 Å². The van der Waals surface area contributed by atoms with Gasteiger partial charge < -0.3 is 18.9 Å². The minimum atomic E-state index is -0.435. The molecule has 0 spiro atoms. The van der Waals surface area contributed by atoms with Crippen LogP contribution < -0.4 is 9.47 Å². The van der Waals surface area contributed by atoms with Gasteiger partial charge in [-0.15, -0.1) is 0 Å². The fourth-order valence-corrected chi connectivity index (χ4v) is 2.36. The largest absolute Gasteiger partial charge is 0.481 e. The van der Waals surface area contributed by atoms with Crippen LogP contribution in [0.5, 0.6) is 11.6 Å². The summed E-state index contributed by atoms with van der Waals surface area (Å²) in [5, 5.41) is 0. The monoisotopic (exact) mass is 407 g/mol. The number of carbonyl (C=O) groups is 1. The molecule has 2 rings (SSSR count). The van der Waals surface area contributed by atoms with Gasteiger partial charge >= 0.3 is 5.97 Å². The van der Waals surface area contributed by atoms with Gasteiger partial charge in [0.15, 0.2) is 6.79 Å². The molecule has 0 bridgehead atoms. The van der Waals surface area contributed by atoms with Gasteiger partial charge in [-0.1, -0.05) is 6.07 Å². The highest BCUT2D eigenvalue weighted by Gasteiger charge is 2.10. The van der Waals surface area contributed by atoms with Crippen LogP contribution in [0.2, 0.25) is 0 Å². The second kappa shape index (κ2) is 9.19. The molecule has 0 amide bonds. The fourth-order valence-electron chi connectivity index (χ4n) is 2.00. The molecule has 2 aromatic rings. The maximum Gasteiger partial charge on any atom is 0.337 e. The number of rotatable bonds is 7. The van der Waals surface area contributed by atoms with Gasteiger partial charge in [-0.3, -0.25) is 0 Å². The Labute approximate surface area is 154 Å². The van der Waals surface area contributed by atoms with Crippen LogP contribution in [0.25, 0.3) is 12.2 Å². The predicted molar refractivity (Wildman–Crippen MR) is 97.7 cm³/mol. The van der Waals surface area contributed by atoms with Crippen molar-refractivity contribution in [2.75, 3.05) is 28.1 Å². The quantitative estimate of drug-likeness (QED) is 0.513. The van der Waals surface area contributed by atoms with Crippen LogP contribution in [0, 0.1) is 0 Å². The van der Waals surface area contributed by atoms with Gasteiger partial charge in [-0.05, 0) is 46.3 Å². The van der Waals surface area contributed by atoms with Gasteiger partial charge in [0.05, 0.1) is 25.5 Å². The summed E-state index contributed by atoms with van der Waals surface area (Å²) in [5.74, 6) is 0.578. The van der Waals surface area contributed by atoms with E-state index in [0.29, 0.717) is 22.9 Å². The number of hydrogen-bond donors (Lipinski definition) is 0. The summed E-state index contributed by atoms with van der Waals surface area (Å²) in [6.07, 6.45) is 3.65. The summed E-state index contributed by atoms with van der Waals surface area (Å²) in [5.41, 5.74) is 1.86. The Balaban J connectivity index is 2.35. The number of ether oxygens (including phenoxy) is 4. The molecular weight excluding hydrogens is 390 g/mol. The van der Waals surface area contributed by atoms with E-state index in [1.54, 1.807) is 31.4 Å². The van der Waals surface area contributed by atoms with E-state index >= 15 is 0 Å². The van der Waals surface area contributed by atoms with Crippen LogP contribution in [0.15, 0.2) is 34.8 Å². The maximum absolute atomic E-state index is 11.7. The lowest BCUT2D eigenvalue weighted by molar-refractivity contribution is 0.0502. The standard InChI is InChI=1S/C18H18BrNO5/c1-22-11-25-16-10-13(18(21)24-3)5-4-12(16)6-8-15-14(19)7-9-17(20-15)23-2/h4-10H,11H2,1-3H3. The van der Waals surface area contributed by atoms with Crippen molar-refractivity contribution in [3.63, 3.8) is 0 Å². The molecule has 0 atom stereocenters. The minimum Gasteiger partial charge on any atom is -0.481 e. The average molecular weight is 408 g/mol. The number of carbonyl (C=O) groups excluding carboxylic acids is 1. The molecule has 0 N–H and O–H groups in total. The lowest BCUT2D eigenvalue weighted by Crippen LogP contribution is -2.04. The maximum atomic E-state index is 11.7. The van der Waals surface area contributed by atoms with E-state index in [1.807, 2.05) is 18.2 Å². The van der Waals surface area contributed by atoms with Crippen LogP contribution in [0.3, 0.4) is 0 Å². The van der Waals surface area contributed by atoms with E-state index in [9.17, 15) is 4.79 Å². The Bertz CT molecular complexity index is 776. The van der Waals surface area contributed by atoms with Gasteiger partial charge in [0.2, 0.25) is 5.88 Å². The van der Waals surface area contributed by atoms with E-state index in [4.69, 9.17) is 18.9 Å². The van der Waals surface area contributed by atoms with Crippen LogP contribution in [0.4, 0.5) is 0 Å². The summed E-state index contributed by atoms with van der Waals surface area (Å²) in [6, 6.07) is 8.66. The normalized spacial score (nSPS) is 10.7.